The number of H-pyrrole nitrogens is 1. The lowest BCUT2D eigenvalue weighted by molar-refractivity contribution is 0.625. The van der Waals surface area contributed by atoms with Gasteiger partial charge in [-0.2, -0.15) is 0 Å². The minimum atomic E-state index is -0.294. The summed E-state index contributed by atoms with van der Waals surface area (Å²) in [5, 5.41) is 1.09. The molecular formula is C17H10BrCl2FN2. The fourth-order valence-electron chi connectivity index (χ4n) is 2.07. The predicted molar refractivity (Wildman–Crippen MR) is 97.1 cm³/mol. The Hall–Kier alpha value is -1.62. The van der Waals surface area contributed by atoms with Gasteiger partial charge >= 0.3 is 0 Å². The van der Waals surface area contributed by atoms with Gasteiger partial charge in [0.05, 0.1) is 10.7 Å². The van der Waals surface area contributed by atoms with Crippen LogP contribution in [-0.4, -0.2) is 9.97 Å². The number of halogens is 4. The molecule has 2 nitrogen and oxygen atoms in total. The first kappa shape index (κ1) is 16.2. The first-order chi connectivity index (χ1) is 11.0. The average molecular weight is 412 g/mol. The van der Waals surface area contributed by atoms with E-state index in [0.29, 0.717) is 27.1 Å². The molecule has 0 aliphatic carbocycles. The highest BCUT2D eigenvalue weighted by Crippen LogP contribution is 2.29. The Bertz CT molecular complexity index is 890. The van der Waals surface area contributed by atoms with Crippen LogP contribution in [0.2, 0.25) is 10.0 Å². The van der Waals surface area contributed by atoms with E-state index in [2.05, 4.69) is 25.9 Å². The fraction of sp³-hybridized carbons (Fsp3) is 0. The van der Waals surface area contributed by atoms with Crippen molar-refractivity contribution in [3.8, 4) is 11.3 Å². The molecule has 0 fully saturated rings. The summed E-state index contributed by atoms with van der Waals surface area (Å²) < 4.78 is 14.5. The first-order valence-corrected chi connectivity index (χ1v) is 8.22. The van der Waals surface area contributed by atoms with Crippen molar-refractivity contribution in [2.75, 3.05) is 0 Å². The van der Waals surface area contributed by atoms with Gasteiger partial charge in [-0.3, -0.25) is 0 Å². The first-order valence-electron chi connectivity index (χ1n) is 6.67. The predicted octanol–water partition coefficient (Wildman–Crippen LogP) is 6.46. The molecule has 3 rings (SSSR count). The summed E-state index contributed by atoms with van der Waals surface area (Å²) in [5.41, 5.74) is 1.95. The van der Waals surface area contributed by atoms with Gasteiger partial charge in [0.25, 0.3) is 0 Å². The van der Waals surface area contributed by atoms with Crippen molar-refractivity contribution in [2.45, 2.75) is 0 Å². The Morgan fingerprint density at radius 1 is 1.09 bits per heavy atom. The number of hydrogen-bond donors (Lipinski definition) is 1. The normalized spacial score (nSPS) is 11.3. The molecule has 23 heavy (non-hydrogen) atoms. The summed E-state index contributed by atoms with van der Waals surface area (Å²) in [6.45, 7) is 0. The van der Waals surface area contributed by atoms with Crippen LogP contribution in [0.25, 0.3) is 23.4 Å². The van der Waals surface area contributed by atoms with Gasteiger partial charge in [0.15, 0.2) is 0 Å². The number of rotatable bonds is 3. The topological polar surface area (TPSA) is 28.7 Å². The van der Waals surface area contributed by atoms with Crippen molar-refractivity contribution in [1.82, 2.24) is 9.97 Å². The zero-order valence-electron chi connectivity index (χ0n) is 11.7. The maximum Gasteiger partial charge on any atom is 0.130 e. The van der Waals surface area contributed by atoms with Gasteiger partial charge in [-0.25, -0.2) is 9.37 Å². The van der Waals surface area contributed by atoms with Crippen molar-refractivity contribution in [3.63, 3.8) is 0 Å². The summed E-state index contributed by atoms with van der Waals surface area (Å²) >= 11 is 15.4. The number of aromatic nitrogens is 2. The van der Waals surface area contributed by atoms with Crippen LogP contribution in [0, 0.1) is 5.82 Å². The third-order valence-electron chi connectivity index (χ3n) is 3.18. The van der Waals surface area contributed by atoms with Gasteiger partial charge in [0.2, 0.25) is 0 Å². The van der Waals surface area contributed by atoms with Crippen molar-refractivity contribution < 1.29 is 4.39 Å². The molecule has 0 spiro atoms. The number of imidazole rings is 1. The van der Waals surface area contributed by atoms with Gasteiger partial charge in [0.1, 0.15) is 11.6 Å². The number of hydrogen-bond acceptors (Lipinski definition) is 1. The Morgan fingerprint density at radius 2 is 1.91 bits per heavy atom. The monoisotopic (exact) mass is 410 g/mol. The van der Waals surface area contributed by atoms with E-state index >= 15 is 0 Å². The SMILES string of the molecule is Fc1ccc(Br)cc1/C=C/c1nc(-c2ccc(Cl)cc2Cl)c[nH]1. The molecule has 0 aliphatic rings. The van der Waals surface area contributed by atoms with Crippen molar-refractivity contribution >= 4 is 51.3 Å². The minimum Gasteiger partial charge on any atom is -0.344 e. The van der Waals surface area contributed by atoms with Crippen LogP contribution < -0.4 is 0 Å². The van der Waals surface area contributed by atoms with Crippen LogP contribution >= 0.6 is 39.1 Å². The molecule has 0 bridgehead atoms. The Labute approximate surface area is 151 Å². The lowest BCUT2D eigenvalue weighted by Gasteiger charge is -2.00. The molecular weight excluding hydrogens is 402 g/mol. The molecule has 0 unspecified atom stereocenters. The standard InChI is InChI=1S/C17H10BrCl2FN2/c18-11-2-5-15(21)10(7-11)1-6-17-22-9-16(23-17)13-4-3-12(19)8-14(13)20/h1-9H,(H,22,23)/b6-1+. The Morgan fingerprint density at radius 3 is 2.70 bits per heavy atom. The van der Waals surface area contributed by atoms with Crippen molar-refractivity contribution in [1.29, 1.82) is 0 Å². The van der Waals surface area contributed by atoms with E-state index in [1.807, 2.05) is 6.07 Å². The highest BCUT2D eigenvalue weighted by atomic mass is 79.9. The van der Waals surface area contributed by atoms with E-state index in [0.717, 1.165) is 10.0 Å². The van der Waals surface area contributed by atoms with Crippen LogP contribution in [0.15, 0.2) is 47.1 Å². The summed E-state index contributed by atoms with van der Waals surface area (Å²) in [6, 6.07) is 9.99. The average Bonchev–Trinajstić information content (AvgIpc) is 2.97. The zero-order chi connectivity index (χ0) is 16.4. The molecule has 1 heterocycles. The van der Waals surface area contributed by atoms with Crippen LogP contribution in [0.1, 0.15) is 11.4 Å². The molecule has 0 amide bonds. The van der Waals surface area contributed by atoms with E-state index in [9.17, 15) is 4.39 Å². The lowest BCUT2D eigenvalue weighted by atomic mass is 10.2. The highest BCUT2D eigenvalue weighted by molar-refractivity contribution is 9.10. The van der Waals surface area contributed by atoms with E-state index < -0.39 is 0 Å². The van der Waals surface area contributed by atoms with Crippen molar-refractivity contribution in [3.05, 3.63) is 74.3 Å². The maximum absolute atomic E-state index is 13.7. The number of aromatic amines is 1. The second kappa shape index (κ2) is 6.87. The third-order valence-corrected chi connectivity index (χ3v) is 4.22. The fourth-order valence-corrected chi connectivity index (χ4v) is 2.95. The van der Waals surface area contributed by atoms with Gasteiger partial charge in [-0.1, -0.05) is 39.1 Å². The zero-order valence-corrected chi connectivity index (χ0v) is 14.8. The summed E-state index contributed by atoms with van der Waals surface area (Å²) in [4.78, 5) is 7.46. The maximum atomic E-state index is 13.7. The summed E-state index contributed by atoms with van der Waals surface area (Å²) in [6.07, 6.45) is 5.11. The largest absolute Gasteiger partial charge is 0.344 e. The third kappa shape index (κ3) is 3.83. The van der Waals surface area contributed by atoms with Crippen LogP contribution in [0.4, 0.5) is 4.39 Å². The Kier molecular flexibility index (Phi) is 4.85. The van der Waals surface area contributed by atoms with Crippen molar-refractivity contribution in [2.24, 2.45) is 0 Å². The van der Waals surface area contributed by atoms with Crippen LogP contribution in [-0.2, 0) is 0 Å². The molecule has 3 aromatic rings. The van der Waals surface area contributed by atoms with Crippen LogP contribution in [0.5, 0.6) is 0 Å². The second-order valence-corrected chi connectivity index (χ2v) is 6.55. The number of nitrogens with one attached hydrogen (secondary N) is 1. The highest BCUT2D eigenvalue weighted by Gasteiger charge is 2.07. The van der Waals surface area contributed by atoms with E-state index in [1.165, 1.54) is 6.07 Å². The molecule has 6 heteroatoms. The molecule has 0 saturated heterocycles. The summed E-state index contributed by atoms with van der Waals surface area (Å²) in [7, 11) is 0. The molecule has 2 aromatic carbocycles. The molecule has 0 saturated carbocycles. The molecule has 0 radical (unpaired) electrons. The van der Waals surface area contributed by atoms with E-state index in [4.69, 9.17) is 23.2 Å². The van der Waals surface area contributed by atoms with E-state index in [-0.39, 0.29) is 5.82 Å². The van der Waals surface area contributed by atoms with Gasteiger partial charge in [0, 0.05) is 26.8 Å². The summed E-state index contributed by atoms with van der Waals surface area (Å²) in [5.74, 6) is 0.308. The molecule has 116 valence electrons. The quantitative estimate of drug-likeness (QED) is 0.526. The van der Waals surface area contributed by atoms with Gasteiger partial charge in [-0.15, -0.1) is 0 Å². The molecule has 0 atom stereocenters. The van der Waals surface area contributed by atoms with Gasteiger partial charge in [-0.05, 0) is 48.6 Å². The second-order valence-electron chi connectivity index (χ2n) is 4.79. The van der Waals surface area contributed by atoms with Crippen LogP contribution in [0.3, 0.4) is 0 Å². The minimum absolute atomic E-state index is 0.294. The van der Waals surface area contributed by atoms with E-state index in [1.54, 1.807) is 42.6 Å². The molecule has 0 aliphatic heterocycles. The molecule has 1 aromatic heterocycles. The Balaban J connectivity index is 1.87. The number of benzene rings is 2. The lowest BCUT2D eigenvalue weighted by Crippen LogP contribution is -1.82. The number of nitrogens with zero attached hydrogens (tertiary/aromatic N) is 1. The molecule has 1 N–H and O–H groups in total. The van der Waals surface area contributed by atoms with Gasteiger partial charge < -0.3 is 4.98 Å². The smallest absolute Gasteiger partial charge is 0.130 e.